The maximum Gasteiger partial charge on any atom is 0.324 e. The van der Waals surface area contributed by atoms with Crippen molar-refractivity contribution in [3.8, 4) is 0 Å². The van der Waals surface area contributed by atoms with Crippen LogP contribution < -0.4 is 14.9 Å². The molecule has 1 aromatic rings. The van der Waals surface area contributed by atoms with E-state index in [1.165, 1.54) is 11.8 Å². The Kier molecular flexibility index (Phi) is 7.02. The summed E-state index contributed by atoms with van der Waals surface area (Å²) in [6, 6.07) is 5.68. The maximum absolute atomic E-state index is 12.8. The van der Waals surface area contributed by atoms with Gasteiger partial charge in [-0.15, -0.1) is 0 Å². The minimum absolute atomic E-state index is 0.0894. The largest absolute Gasteiger partial charge is 0.454 e. The Balaban J connectivity index is 2.06. The fourth-order valence-electron chi connectivity index (χ4n) is 2.93. The van der Waals surface area contributed by atoms with Crippen molar-refractivity contribution in [3.63, 3.8) is 0 Å². The number of hydrogen-bond acceptors (Lipinski definition) is 6. The molecule has 1 aliphatic heterocycles. The molecule has 1 atom stereocenters. The van der Waals surface area contributed by atoms with Gasteiger partial charge < -0.3 is 10.1 Å². The summed E-state index contributed by atoms with van der Waals surface area (Å²) in [5, 5.41) is 2.74. The average Bonchev–Trinajstić information content (AvgIpc) is 2.64. The summed E-state index contributed by atoms with van der Waals surface area (Å²) in [4.78, 5) is 38.6. The number of nitrogens with zero attached hydrogens (tertiary/aromatic N) is 1. The molecule has 2 N–H and O–H groups in total. The summed E-state index contributed by atoms with van der Waals surface area (Å²) in [7, 11) is -3.61. The van der Waals surface area contributed by atoms with Crippen LogP contribution in [0.4, 0.5) is 11.4 Å². The van der Waals surface area contributed by atoms with E-state index in [4.69, 9.17) is 4.74 Å². The number of rotatable bonds is 8. The maximum atomic E-state index is 12.8. The van der Waals surface area contributed by atoms with E-state index in [-0.39, 0.29) is 11.7 Å². The lowest BCUT2D eigenvalue weighted by Crippen LogP contribution is -2.59. The first kappa shape index (κ1) is 22.8. The smallest absolute Gasteiger partial charge is 0.324 e. The molecule has 29 heavy (non-hydrogen) atoms. The summed E-state index contributed by atoms with van der Waals surface area (Å²) in [6.45, 7) is 5.76. The highest BCUT2D eigenvalue weighted by Gasteiger charge is 2.43. The Labute approximate surface area is 170 Å². The predicted octanol–water partition coefficient (Wildman–Crippen LogP) is 1.40. The molecular weight excluding hydrogens is 398 g/mol. The van der Waals surface area contributed by atoms with Crippen LogP contribution in [0, 0.1) is 0 Å². The first-order valence-electron chi connectivity index (χ1n) is 9.39. The van der Waals surface area contributed by atoms with E-state index in [1.54, 1.807) is 38.1 Å². The standard InChI is InChI=1S/C19H27N3O6S/c1-5-6-11-29(26,27)21-13(2)17(24)28-12-16(23)22-15-10-8-7-9-14(15)20-18(25)19(22,3)4/h7-10,13,21H,5-6,11-12H2,1-4H3,(H,20,25)/t13-/m0/s1. The Morgan fingerprint density at radius 3 is 2.59 bits per heavy atom. The zero-order valence-corrected chi connectivity index (χ0v) is 17.8. The van der Waals surface area contributed by atoms with Crippen molar-refractivity contribution in [2.24, 2.45) is 0 Å². The molecule has 1 aromatic carbocycles. The second-order valence-electron chi connectivity index (χ2n) is 7.38. The van der Waals surface area contributed by atoms with Crippen molar-refractivity contribution in [2.75, 3.05) is 22.6 Å². The third-order valence-electron chi connectivity index (χ3n) is 4.57. The van der Waals surface area contributed by atoms with E-state index in [9.17, 15) is 22.8 Å². The van der Waals surface area contributed by atoms with E-state index in [2.05, 4.69) is 10.0 Å². The number of carbonyl (C=O) groups excluding carboxylic acids is 3. The second-order valence-corrected chi connectivity index (χ2v) is 9.25. The molecule has 0 aliphatic carbocycles. The van der Waals surface area contributed by atoms with E-state index in [1.807, 2.05) is 6.92 Å². The number of sulfonamides is 1. The van der Waals surface area contributed by atoms with Gasteiger partial charge in [-0.3, -0.25) is 19.3 Å². The van der Waals surface area contributed by atoms with E-state index in [0.717, 1.165) is 0 Å². The van der Waals surface area contributed by atoms with Gasteiger partial charge >= 0.3 is 5.97 Å². The first-order chi connectivity index (χ1) is 13.5. The number of benzene rings is 1. The highest BCUT2D eigenvalue weighted by molar-refractivity contribution is 7.89. The second kappa shape index (κ2) is 8.91. The molecule has 0 unspecified atom stereocenters. The quantitative estimate of drug-likeness (QED) is 0.607. The molecule has 9 nitrogen and oxygen atoms in total. The summed E-state index contributed by atoms with van der Waals surface area (Å²) in [6.07, 6.45) is 1.18. The van der Waals surface area contributed by atoms with Crippen LogP contribution in [-0.4, -0.2) is 50.1 Å². The van der Waals surface area contributed by atoms with Crippen LogP contribution in [0.1, 0.15) is 40.5 Å². The van der Waals surface area contributed by atoms with Crippen LogP contribution in [0.2, 0.25) is 0 Å². The van der Waals surface area contributed by atoms with Gasteiger partial charge in [-0.05, 0) is 39.3 Å². The Hall–Kier alpha value is -2.46. The van der Waals surface area contributed by atoms with Crippen molar-refractivity contribution in [1.82, 2.24) is 4.72 Å². The molecule has 0 aromatic heterocycles. The zero-order chi connectivity index (χ0) is 21.8. The van der Waals surface area contributed by atoms with E-state index in [0.29, 0.717) is 24.2 Å². The lowest BCUT2D eigenvalue weighted by Gasteiger charge is -2.41. The minimum atomic E-state index is -3.61. The fraction of sp³-hybridized carbons (Fsp3) is 0.526. The Morgan fingerprint density at radius 2 is 1.93 bits per heavy atom. The summed E-state index contributed by atoms with van der Waals surface area (Å²) in [5.74, 6) is -1.92. The molecule has 2 rings (SSSR count). The van der Waals surface area contributed by atoms with Crippen molar-refractivity contribution in [3.05, 3.63) is 24.3 Å². The molecule has 0 saturated carbocycles. The van der Waals surface area contributed by atoms with Crippen LogP contribution in [-0.2, 0) is 29.1 Å². The number of amides is 2. The van der Waals surface area contributed by atoms with Crippen LogP contribution in [0.3, 0.4) is 0 Å². The molecule has 0 spiro atoms. The molecule has 2 amide bonds. The first-order valence-corrected chi connectivity index (χ1v) is 11.0. The SMILES string of the molecule is CCCCS(=O)(=O)N[C@@H](C)C(=O)OCC(=O)N1c2ccccc2NC(=O)C1(C)C. The topological polar surface area (TPSA) is 122 Å². The lowest BCUT2D eigenvalue weighted by atomic mass is 9.96. The van der Waals surface area contributed by atoms with Gasteiger partial charge in [-0.1, -0.05) is 25.5 Å². The van der Waals surface area contributed by atoms with Gasteiger partial charge in [-0.25, -0.2) is 13.1 Å². The zero-order valence-electron chi connectivity index (χ0n) is 17.0. The van der Waals surface area contributed by atoms with Gasteiger partial charge in [0.25, 0.3) is 5.91 Å². The molecule has 1 aliphatic rings. The number of carbonyl (C=O) groups is 3. The molecular formula is C19H27N3O6S. The summed E-state index contributed by atoms with van der Waals surface area (Å²) < 4.78 is 31.1. The molecule has 0 radical (unpaired) electrons. The average molecular weight is 426 g/mol. The van der Waals surface area contributed by atoms with Gasteiger partial charge in [0.1, 0.15) is 11.6 Å². The van der Waals surface area contributed by atoms with Gasteiger partial charge in [0.2, 0.25) is 15.9 Å². The molecule has 10 heteroatoms. The third-order valence-corrected chi connectivity index (χ3v) is 6.11. The normalized spacial score (nSPS) is 16.6. The van der Waals surface area contributed by atoms with Crippen LogP contribution in [0.25, 0.3) is 0 Å². The van der Waals surface area contributed by atoms with Gasteiger partial charge in [-0.2, -0.15) is 0 Å². The number of anilines is 2. The van der Waals surface area contributed by atoms with E-state index < -0.39 is 40.1 Å². The van der Waals surface area contributed by atoms with Crippen molar-refractivity contribution in [1.29, 1.82) is 0 Å². The number of fused-ring (bicyclic) bond motifs is 1. The molecule has 160 valence electrons. The molecule has 1 heterocycles. The molecule has 0 fully saturated rings. The fourth-order valence-corrected chi connectivity index (χ4v) is 4.35. The van der Waals surface area contributed by atoms with E-state index >= 15 is 0 Å². The van der Waals surface area contributed by atoms with Crippen molar-refractivity contribution < 1.29 is 27.5 Å². The summed E-state index contributed by atoms with van der Waals surface area (Å²) >= 11 is 0. The van der Waals surface area contributed by atoms with Crippen LogP contribution in [0.5, 0.6) is 0 Å². The Morgan fingerprint density at radius 1 is 1.28 bits per heavy atom. The number of para-hydroxylation sites is 2. The predicted molar refractivity (Wildman–Crippen MR) is 109 cm³/mol. The highest BCUT2D eigenvalue weighted by Crippen LogP contribution is 2.36. The number of nitrogens with one attached hydrogen (secondary N) is 2. The van der Waals surface area contributed by atoms with Gasteiger partial charge in [0.15, 0.2) is 6.61 Å². The third kappa shape index (κ3) is 5.33. The lowest BCUT2D eigenvalue weighted by molar-refractivity contribution is -0.149. The van der Waals surface area contributed by atoms with Crippen molar-refractivity contribution in [2.45, 2.75) is 52.1 Å². The van der Waals surface area contributed by atoms with Crippen LogP contribution >= 0.6 is 0 Å². The van der Waals surface area contributed by atoms with Crippen molar-refractivity contribution >= 4 is 39.2 Å². The molecule has 0 bridgehead atoms. The Bertz CT molecular complexity index is 897. The number of hydrogen-bond donors (Lipinski definition) is 2. The number of unbranched alkanes of at least 4 members (excludes halogenated alkanes) is 1. The number of ether oxygens (including phenoxy) is 1. The molecule has 0 saturated heterocycles. The minimum Gasteiger partial charge on any atom is -0.454 e. The monoisotopic (exact) mass is 425 g/mol. The van der Waals surface area contributed by atoms with Gasteiger partial charge in [0.05, 0.1) is 17.1 Å². The van der Waals surface area contributed by atoms with Crippen LogP contribution in [0.15, 0.2) is 24.3 Å². The number of esters is 1. The van der Waals surface area contributed by atoms with Gasteiger partial charge in [0, 0.05) is 0 Å². The highest BCUT2D eigenvalue weighted by atomic mass is 32.2. The summed E-state index contributed by atoms with van der Waals surface area (Å²) in [5.41, 5.74) is -0.217.